The van der Waals surface area contributed by atoms with Gasteiger partial charge in [0.25, 0.3) is 17.7 Å². The van der Waals surface area contributed by atoms with Gasteiger partial charge in [0.15, 0.2) is 0 Å². The Bertz CT molecular complexity index is 1160. The molecule has 3 rings (SSSR count). The maximum Gasteiger partial charge on any atom is 0.293 e. The van der Waals surface area contributed by atoms with Gasteiger partial charge in [0.1, 0.15) is 11.8 Å². The van der Waals surface area contributed by atoms with Crippen LogP contribution in [0.5, 0.6) is 11.6 Å². The number of hydrogen-bond donors (Lipinski definition) is 2. The van der Waals surface area contributed by atoms with E-state index in [-0.39, 0.29) is 5.76 Å². The highest BCUT2D eigenvalue weighted by molar-refractivity contribution is 6.90. The molecule has 0 spiro atoms. The lowest BCUT2D eigenvalue weighted by Gasteiger charge is -2.27. The van der Waals surface area contributed by atoms with E-state index in [9.17, 15) is 14.7 Å². The average Bonchev–Trinajstić information content (AvgIpc) is 3.19. The first-order valence-corrected chi connectivity index (χ1v) is 14.1. The number of nitrogens with one attached hydrogen (secondary N) is 1. The van der Waals surface area contributed by atoms with Crippen LogP contribution in [0.15, 0.2) is 53.1 Å². The summed E-state index contributed by atoms with van der Waals surface area (Å²) in [5.74, 6) is -1.07. The topological polar surface area (TPSA) is 105 Å². The van der Waals surface area contributed by atoms with Gasteiger partial charge in [-0.2, -0.15) is 0 Å². The largest absolute Gasteiger partial charge is 0.497 e. The van der Waals surface area contributed by atoms with Gasteiger partial charge in [0.05, 0.1) is 21.3 Å². The number of hydrogen-bond acceptors (Lipinski definition) is 6. The number of amides is 2. The smallest absolute Gasteiger partial charge is 0.293 e. The van der Waals surface area contributed by atoms with Gasteiger partial charge in [0.2, 0.25) is 5.76 Å². The van der Waals surface area contributed by atoms with Crippen LogP contribution in [0.2, 0.25) is 24.7 Å². The number of carbonyl (C=O) groups is 2. The van der Waals surface area contributed by atoms with Crippen molar-refractivity contribution in [3.05, 3.63) is 64.9 Å². The van der Waals surface area contributed by atoms with Crippen molar-refractivity contribution in [1.29, 1.82) is 0 Å². The quantitative estimate of drug-likeness (QED) is 0.487. The summed E-state index contributed by atoms with van der Waals surface area (Å²) in [6.45, 7) is 6.57. The van der Waals surface area contributed by atoms with Crippen LogP contribution >= 0.6 is 11.6 Å². The number of ether oxygens (including phenoxy) is 1. The summed E-state index contributed by atoms with van der Waals surface area (Å²) in [6.07, 6.45) is 0. The maximum absolute atomic E-state index is 13.4. The molecule has 10 heteroatoms. The molecule has 33 heavy (non-hydrogen) atoms. The minimum absolute atomic E-state index is 0.191. The van der Waals surface area contributed by atoms with Crippen LogP contribution < -0.4 is 15.2 Å². The Morgan fingerprint density at radius 1 is 1.15 bits per heavy atom. The second kappa shape index (κ2) is 9.68. The Balaban J connectivity index is 1.93. The first-order chi connectivity index (χ1) is 15.5. The monoisotopic (exact) mass is 487 g/mol. The van der Waals surface area contributed by atoms with Crippen molar-refractivity contribution in [2.24, 2.45) is 0 Å². The Kier molecular flexibility index (Phi) is 7.14. The highest BCUT2D eigenvalue weighted by atomic mass is 35.5. The van der Waals surface area contributed by atoms with Gasteiger partial charge in [0, 0.05) is 17.8 Å². The molecule has 0 saturated carbocycles. The van der Waals surface area contributed by atoms with Gasteiger partial charge in [-0.3, -0.25) is 9.59 Å². The van der Waals surface area contributed by atoms with Crippen molar-refractivity contribution in [3.63, 3.8) is 0 Å². The number of aromatic hydroxyl groups is 1. The molecule has 174 valence electrons. The number of benzene rings is 2. The number of anilines is 1. The lowest BCUT2D eigenvalue weighted by molar-refractivity contribution is -0.120. The first-order valence-electron chi connectivity index (χ1n) is 10.2. The normalized spacial score (nSPS) is 12.2. The van der Waals surface area contributed by atoms with Gasteiger partial charge >= 0.3 is 0 Å². The molecule has 2 N–H and O–H groups in total. The molecular weight excluding hydrogens is 462 g/mol. The lowest BCUT2D eigenvalue weighted by atomic mass is 10.0. The molecule has 2 aromatic carbocycles. The third kappa shape index (κ3) is 5.55. The Morgan fingerprint density at radius 3 is 2.33 bits per heavy atom. The lowest BCUT2D eigenvalue weighted by Crippen LogP contribution is -2.39. The molecular formula is C23H26ClN3O5Si. The number of halogens is 1. The summed E-state index contributed by atoms with van der Waals surface area (Å²) in [5, 5.41) is 17.3. The first kappa shape index (κ1) is 24.3. The standard InChI is InChI=1S/C23H26ClN3O5Si/c1-27(23(30)18-13-20(28)26-32-18)21(14-6-9-16(31-2)10-7-14)22(29)25-15-8-11-19(17(24)12-15)33(3,4)5/h6-13,21H,1-5H3,(H,25,29)(H,26,28). The Morgan fingerprint density at radius 2 is 1.82 bits per heavy atom. The highest BCUT2D eigenvalue weighted by Crippen LogP contribution is 2.27. The molecule has 1 aromatic heterocycles. The minimum atomic E-state index is -1.64. The minimum Gasteiger partial charge on any atom is -0.497 e. The van der Waals surface area contributed by atoms with Gasteiger partial charge in [-0.25, -0.2) is 0 Å². The average molecular weight is 488 g/mol. The van der Waals surface area contributed by atoms with E-state index < -0.39 is 31.8 Å². The van der Waals surface area contributed by atoms with E-state index in [1.165, 1.54) is 11.9 Å². The van der Waals surface area contributed by atoms with Gasteiger partial charge in [-0.15, -0.1) is 0 Å². The van der Waals surface area contributed by atoms with Crippen molar-refractivity contribution in [2.75, 3.05) is 19.5 Å². The van der Waals surface area contributed by atoms with Gasteiger partial charge < -0.3 is 24.6 Å². The number of nitrogens with zero attached hydrogens (tertiary/aromatic N) is 2. The predicted molar refractivity (Wildman–Crippen MR) is 129 cm³/mol. The molecule has 2 amide bonds. The van der Waals surface area contributed by atoms with Crippen molar-refractivity contribution < 1.29 is 24.0 Å². The second-order valence-corrected chi connectivity index (χ2v) is 14.0. The molecule has 0 aliphatic rings. The molecule has 0 aliphatic heterocycles. The van der Waals surface area contributed by atoms with E-state index >= 15 is 0 Å². The molecule has 0 aliphatic carbocycles. The number of rotatable bonds is 7. The molecule has 0 radical (unpaired) electrons. The van der Waals surface area contributed by atoms with Crippen LogP contribution in [-0.2, 0) is 4.79 Å². The summed E-state index contributed by atoms with van der Waals surface area (Å²) in [6, 6.07) is 12.3. The van der Waals surface area contributed by atoms with Crippen LogP contribution in [0.4, 0.5) is 5.69 Å². The molecule has 0 fully saturated rings. The van der Waals surface area contributed by atoms with E-state index in [1.54, 1.807) is 43.5 Å². The van der Waals surface area contributed by atoms with Gasteiger partial charge in [-0.05, 0) is 40.2 Å². The van der Waals surface area contributed by atoms with Crippen molar-refractivity contribution >= 4 is 42.4 Å². The van der Waals surface area contributed by atoms with E-state index in [4.69, 9.17) is 20.9 Å². The van der Waals surface area contributed by atoms with E-state index in [0.717, 1.165) is 11.3 Å². The fourth-order valence-corrected chi connectivity index (χ4v) is 5.81. The molecule has 1 atom stereocenters. The summed E-state index contributed by atoms with van der Waals surface area (Å²) >= 11 is 6.48. The van der Waals surface area contributed by atoms with Crippen LogP contribution in [0.1, 0.15) is 22.2 Å². The van der Waals surface area contributed by atoms with Crippen LogP contribution in [0.25, 0.3) is 0 Å². The van der Waals surface area contributed by atoms with Crippen LogP contribution in [0.3, 0.4) is 0 Å². The van der Waals surface area contributed by atoms with Crippen LogP contribution in [0, 0.1) is 0 Å². The van der Waals surface area contributed by atoms with E-state index in [1.807, 2.05) is 6.07 Å². The van der Waals surface area contributed by atoms with Crippen molar-refractivity contribution in [2.45, 2.75) is 25.7 Å². The van der Waals surface area contributed by atoms with Crippen molar-refractivity contribution in [3.8, 4) is 11.6 Å². The molecule has 1 unspecified atom stereocenters. The maximum atomic E-state index is 13.4. The van der Waals surface area contributed by atoms with Crippen molar-refractivity contribution in [1.82, 2.24) is 10.1 Å². The summed E-state index contributed by atoms with van der Waals surface area (Å²) in [5.41, 5.74) is 1.07. The SMILES string of the molecule is COc1ccc(C(C(=O)Nc2ccc([Si](C)(C)C)c(Cl)c2)N(C)C(=O)c2cc(O)no2)cc1. The highest BCUT2D eigenvalue weighted by Gasteiger charge is 2.31. The molecule has 8 nitrogen and oxygen atoms in total. The Hall–Kier alpha value is -3.30. The molecule has 3 aromatic rings. The zero-order chi connectivity index (χ0) is 24.3. The predicted octanol–water partition coefficient (Wildman–Crippen LogP) is 4.04. The Labute approximate surface area is 198 Å². The van der Waals surface area contributed by atoms with Crippen LogP contribution in [-0.4, -0.2) is 49.2 Å². The van der Waals surface area contributed by atoms with E-state index in [2.05, 4.69) is 30.1 Å². The van der Waals surface area contributed by atoms with E-state index in [0.29, 0.717) is 22.0 Å². The summed E-state index contributed by atoms with van der Waals surface area (Å²) in [4.78, 5) is 27.5. The number of aromatic nitrogens is 1. The molecule has 0 bridgehead atoms. The molecule has 1 heterocycles. The fraction of sp³-hybridized carbons (Fsp3) is 0.261. The number of likely N-dealkylation sites (N-methyl/N-ethyl adjacent to an activating group) is 1. The number of methoxy groups -OCH3 is 1. The third-order valence-corrected chi connectivity index (χ3v) is 7.66. The number of carbonyl (C=O) groups excluding carboxylic acids is 2. The summed E-state index contributed by atoms with van der Waals surface area (Å²) in [7, 11) is 1.37. The summed E-state index contributed by atoms with van der Waals surface area (Å²) < 4.78 is 10.1. The zero-order valence-corrected chi connectivity index (χ0v) is 20.8. The molecule has 0 saturated heterocycles. The third-order valence-electron chi connectivity index (χ3n) is 5.14. The fourth-order valence-electron chi connectivity index (χ4n) is 3.41. The zero-order valence-electron chi connectivity index (χ0n) is 19.0. The van der Waals surface area contributed by atoms with Gasteiger partial charge in [-0.1, -0.05) is 49.4 Å². The second-order valence-electron chi connectivity index (χ2n) is 8.57.